The van der Waals surface area contributed by atoms with Crippen LogP contribution in [0.2, 0.25) is 5.02 Å². The van der Waals surface area contributed by atoms with Crippen molar-refractivity contribution in [3.8, 4) is 5.75 Å². The van der Waals surface area contributed by atoms with E-state index in [0.29, 0.717) is 28.8 Å². The minimum absolute atomic E-state index is 0.314. The number of nitrogens with zero attached hydrogens (tertiary/aromatic N) is 4. The van der Waals surface area contributed by atoms with Crippen LogP contribution in [-0.4, -0.2) is 32.3 Å². The van der Waals surface area contributed by atoms with Gasteiger partial charge in [-0.15, -0.1) is 0 Å². The zero-order chi connectivity index (χ0) is 20.2. The van der Waals surface area contributed by atoms with Gasteiger partial charge in [0.05, 0.1) is 11.7 Å². The van der Waals surface area contributed by atoms with Crippen LogP contribution >= 0.6 is 23.8 Å². The summed E-state index contributed by atoms with van der Waals surface area (Å²) < 4.78 is 10.3. The number of halogens is 1. The van der Waals surface area contributed by atoms with Gasteiger partial charge in [0.2, 0.25) is 0 Å². The second-order valence-corrected chi connectivity index (χ2v) is 7.81. The molecule has 0 saturated carbocycles. The first-order chi connectivity index (χ1) is 14.1. The Morgan fingerprint density at radius 2 is 1.86 bits per heavy atom. The highest BCUT2D eigenvalue weighted by Crippen LogP contribution is 2.24. The highest BCUT2D eigenvalue weighted by Gasteiger charge is 2.16. The van der Waals surface area contributed by atoms with Gasteiger partial charge in [-0.1, -0.05) is 60.1 Å². The van der Waals surface area contributed by atoms with Gasteiger partial charge in [-0.25, -0.2) is 4.68 Å². The molecule has 2 heterocycles. The van der Waals surface area contributed by atoms with Crippen LogP contribution in [0.1, 0.15) is 17.8 Å². The molecule has 4 rings (SSSR count). The first-order valence-corrected chi connectivity index (χ1v) is 10.4. The van der Waals surface area contributed by atoms with Crippen molar-refractivity contribution in [1.29, 1.82) is 0 Å². The van der Waals surface area contributed by atoms with E-state index in [1.165, 1.54) is 11.1 Å². The van der Waals surface area contributed by atoms with Gasteiger partial charge in [0, 0.05) is 20.1 Å². The van der Waals surface area contributed by atoms with Crippen LogP contribution in [-0.2, 0) is 20.3 Å². The molecule has 29 heavy (non-hydrogen) atoms. The van der Waals surface area contributed by atoms with E-state index in [1.807, 2.05) is 40.6 Å². The molecule has 0 unspecified atom stereocenters. The number of hydrogen-bond donors (Lipinski definition) is 0. The van der Waals surface area contributed by atoms with Gasteiger partial charge in [0.1, 0.15) is 12.4 Å². The monoisotopic (exact) mass is 426 g/mol. The molecule has 150 valence electrons. The Balaban J connectivity index is 1.41. The fourth-order valence-corrected chi connectivity index (χ4v) is 3.79. The molecule has 0 N–H and O–H groups in total. The van der Waals surface area contributed by atoms with Gasteiger partial charge in [-0.3, -0.25) is 4.90 Å². The van der Waals surface area contributed by atoms with Crippen LogP contribution in [0.4, 0.5) is 0 Å². The highest BCUT2D eigenvalue weighted by molar-refractivity contribution is 7.71. The summed E-state index contributed by atoms with van der Waals surface area (Å²) in [5.41, 5.74) is 2.71. The minimum atomic E-state index is 0.314. The Bertz CT molecular complexity index is 1070. The van der Waals surface area contributed by atoms with Crippen LogP contribution in [0.5, 0.6) is 5.75 Å². The standard InChI is InChI=1S/C22H23ClN4OS/c1-25-21(15-28-20-10-6-5-9-19(20)23)24-27(22(25)29)16-26-13-11-18(12-14-26)17-7-3-2-4-8-17/h2-11H,12-16H2,1H3. The number of aromatic nitrogens is 3. The molecule has 1 aliphatic heterocycles. The number of benzene rings is 2. The van der Waals surface area contributed by atoms with Crippen LogP contribution in [0.15, 0.2) is 60.7 Å². The van der Waals surface area contributed by atoms with Crippen LogP contribution in [0.25, 0.3) is 5.57 Å². The smallest absolute Gasteiger partial charge is 0.198 e. The van der Waals surface area contributed by atoms with E-state index in [-0.39, 0.29) is 0 Å². The molecule has 1 aromatic heterocycles. The Morgan fingerprint density at radius 1 is 1.10 bits per heavy atom. The van der Waals surface area contributed by atoms with Crippen molar-refractivity contribution in [3.63, 3.8) is 0 Å². The molecule has 5 nitrogen and oxygen atoms in total. The molecule has 0 radical (unpaired) electrons. The summed E-state index contributed by atoms with van der Waals surface area (Å²) in [5.74, 6) is 1.41. The number of hydrogen-bond acceptors (Lipinski definition) is 4. The third-order valence-electron chi connectivity index (χ3n) is 5.10. The van der Waals surface area contributed by atoms with E-state index >= 15 is 0 Å². The maximum absolute atomic E-state index is 6.16. The molecule has 2 aromatic carbocycles. The summed E-state index contributed by atoms with van der Waals surface area (Å²) in [6.45, 7) is 2.84. The van der Waals surface area contributed by atoms with E-state index in [2.05, 4.69) is 46.4 Å². The van der Waals surface area contributed by atoms with Crippen molar-refractivity contribution < 1.29 is 4.74 Å². The second-order valence-electron chi connectivity index (χ2n) is 7.04. The Kier molecular flexibility index (Phi) is 6.13. The van der Waals surface area contributed by atoms with E-state index in [1.54, 1.807) is 0 Å². The summed E-state index contributed by atoms with van der Waals surface area (Å²) in [4.78, 5) is 2.34. The van der Waals surface area contributed by atoms with Crippen molar-refractivity contribution >= 4 is 29.4 Å². The fourth-order valence-electron chi connectivity index (χ4n) is 3.40. The lowest BCUT2D eigenvalue weighted by Gasteiger charge is -2.26. The quantitative estimate of drug-likeness (QED) is 0.523. The molecule has 7 heteroatoms. The van der Waals surface area contributed by atoms with Crippen molar-refractivity contribution in [3.05, 3.63) is 81.9 Å². The van der Waals surface area contributed by atoms with Crippen molar-refractivity contribution in [2.24, 2.45) is 7.05 Å². The molecule has 1 aliphatic rings. The normalized spacial score (nSPS) is 14.6. The molecular weight excluding hydrogens is 404 g/mol. The summed E-state index contributed by atoms with van der Waals surface area (Å²) in [5, 5.41) is 5.26. The Hall–Kier alpha value is -2.41. The zero-order valence-electron chi connectivity index (χ0n) is 16.3. The van der Waals surface area contributed by atoms with Gasteiger partial charge < -0.3 is 9.30 Å². The van der Waals surface area contributed by atoms with E-state index in [4.69, 9.17) is 28.6 Å². The lowest BCUT2D eigenvalue weighted by molar-refractivity contribution is 0.224. The predicted octanol–water partition coefficient (Wildman–Crippen LogP) is 4.93. The molecule has 0 spiro atoms. The predicted molar refractivity (Wildman–Crippen MR) is 118 cm³/mol. The first kappa shape index (κ1) is 19.9. The van der Waals surface area contributed by atoms with Crippen LogP contribution < -0.4 is 4.74 Å². The maximum Gasteiger partial charge on any atom is 0.198 e. The minimum Gasteiger partial charge on any atom is -0.484 e. The summed E-state index contributed by atoms with van der Waals surface area (Å²) in [7, 11) is 1.92. The lowest BCUT2D eigenvalue weighted by atomic mass is 10.00. The van der Waals surface area contributed by atoms with E-state index in [0.717, 1.165) is 25.3 Å². The topological polar surface area (TPSA) is 35.2 Å². The molecule has 0 fully saturated rings. The average Bonchev–Trinajstić information content (AvgIpc) is 3.02. The lowest BCUT2D eigenvalue weighted by Crippen LogP contribution is -2.31. The summed E-state index contributed by atoms with van der Waals surface area (Å²) >= 11 is 11.7. The third-order valence-corrected chi connectivity index (χ3v) is 5.89. The Labute approximate surface area is 180 Å². The van der Waals surface area contributed by atoms with Gasteiger partial charge >= 0.3 is 0 Å². The zero-order valence-corrected chi connectivity index (χ0v) is 17.9. The van der Waals surface area contributed by atoms with Gasteiger partial charge in [0.25, 0.3) is 0 Å². The SMILES string of the molecule is Cn1c(COc2ccccc2Cl)nn(CN2CC=C(c3ccccc3)CC2)c1=S. The van der Waals surface area contributed by atoms with Crippen LogP contribution in [0, 0.1) is 4.77 Å². The highest BCUT2D eigenvalue weighted by atomic mass is 35.5. The first-order valence-electron chi connectivity index (χ1n) is 9.58. The van der Waals surface area contributed by atoms with Gasteiger partial charge in [-0.2, -0.15) is 5.10 Å². The largest absolute Gasteiger partial charge is 0.484 e. The fraction of sp³-hybridized carbons (Fsp3) is 0.273. The van der Waals surface area contributed by atoms with Gasteiger partial charge in [0.15, 0.2) is 10.6 Å². The molecule has 0 atom stereocenters. The average molecular weight is 427 g/mol. The van der Waals surface area contributed by atoms with Gasteiger partial charge in [-0.05, 0) is 41.9 Å². The second kappa shape index (κ2) is 8.95. The molecule has 0 saturated heterocycles. The summed E-state index contributed by atoms with van der Waals surface area (Å²) in [6.07, 6.45) is 3.32. The van der Waals surface area contributed by atoms with Crippen LogP contribution in [0.3, 0.4) is 0 Å². The third kappa shape index (κ3) is 4.61. The van der Waals surface area contributed by atoms with Crippen molar-refractivity contribution in [1.82, 2.24) is 19.2 Å². The number of ether oxygens (including phenoxy) is 1. The number of para-hydroxylation sites is 1. The van der Waals surface area contributed by atoms with E-state index < -0.39 is 0 Å². The summed E-state index contributed by atoms with van der Waals surface area (Å²) in [6, 6.07) is 18.0. The molecule has 0 aliphatic carbocycles. The number of rotatable bonds is 6. The van der Waals surface area contributed by atoms with Crippen molar-refractivity contribution in [2.45, 2.75) is 19.7 Å². The maximum atomic E-state index is 6.16. The molecular formula is C22H23ClN4OS. The molecule has 0 amide bonds. The van der Waals surface area contributed by atoms with Crippen molar-refractivity contribution in [2.75, 3.05) is 13.1 Å². The van der Waals surface area contributed by atoms with E-state index in [9.17, 15) is 0 Å². The molecule has 0 bridgehead atoms. The Morgan fingerprint density at radius 3 is 2.59 bits per heavy atom. The molecule has 3 aromatic rings.